The first-order valence-electron chi connectivity index (χ1n) is 10.7. The van der Waals surface area contributed by atoms with Crippen molar-refractivity contribution < 1.29 is 4.42 Å². The van der Waals surface area contributed by atoms with Gasteiger partial charge in [0.25, 0.3) is 5.56 Å². The van der Waals surface area contributed by atoms with Gasteiger partial charge < -0.3 is 9.32 Å². The second kappa shape index (κ2) is 8.35. The van der Waals surface area contributed by atoms with Gasteiger partial charge in [-0.2, -0.15) is 4.98 Å². The molecule has 0 atom stereocenters. The van der Waals surface area contributed by atoms with Crippen LogP contribution < -0.4 is 10.5 Å². The Labute approximate surface area is 180 Å². The molecule has 0 unspecified atom stereocenters. The van der Waals surface area contributed by atoms with Crippen molar-refractivity contribution in [3.63, 3.8) is 0 Å². The van der Waals surface area contributed by atoms with Gasteiger partial charge in [0.2, 0.25) is 5.89 Å². The molecule has 7 nitrogen and oxygen atoms in total. The zero-order chi connectivity index (χ0) is 21.2. The van der Waals surface area contributed by atoms with Crippen LogP contribution in [0.4, 0.5) is 5.69 Å². The van der Waals surface area contributed by atoms with E-state index >= 15 is 0 Å². The minimum Gasteiger partial charge on any atom is -0.403 e. The molecule has 4 aromatic rings. The Morgan fingerprint density at radius 3 is 2.32 bits per heavy atom. The van der Waals surface area contributed by atoms with Gasteiger partial charge in [-0.3, -0.25) is 9.69 Å². The molecule has 0 bridgehead atoms. The molecular weight excluding hydrogens is 390 g/mol. The minimum absolute atomic E-state index is 0.142. The maximum Gasteiger partial charge on any atom is 0.328 e. The van der Waals surface area contributed by atoms with Gasteiger partial charge in [-0.1, -0.05) is 36.4 Å². The Bertz CT molecular complexity index is 1230. The van der Waals surface area contributed by atoms with Crippen LogP contribution in [-0.2, 0) is 6.42 Å². The zero-order valence-electron chi connectivity index (χ0n) is 17.6. The highest BCUT2D eigenvalue weighted by molar-refractivity contribution is 5.53. The summed E-state index contributed by atoms with van der Waals surface area (Å²) in [6, 6.07) is 20.1. The molecule has 1 aliphatic rings. The monoisotopic (exact) mass is 415 g/mol. The van der Waals surface area contributed by atoms with Crippen molar-refractivity contribution in [2.45, 2.75) is 13.3 Å². The average molecular weight is 415 g/mol. The van der Waals surface area contributed by atoms with E-state index in [1.54, 1.807) is 0 Å². The molecule has 0 radical (unpaired) electrons. The molecule has 3 heterocycles. The summed E-state index contributed by atoms with van der Waals surface area (Å²) >= 11 is 0. The number of aryl methyl sites for hydroxylation is 1. The molecule has 2 aromatic carbocycles. The Balaban J connectivity index is 1.29. The smallest absolute Gasteiger partial charge is 0.328 e. The Hall–Kier alpha value is -3.45. The molecule has 1 fully saturated rings. The fraction of sp³-hybridized carbons (Fsp3) is 0.292. The van der Waals surface area contributed by atoms with Crippen LogP contribution in [-0.4, -0.2) is 52.2 Å². The van der Waals surface area contributed by atoms with Crippen molar-refractivity contribution in [1.29, 1.82) is 0 Å². The first kappa shape index (κ1) is 19.5. The molecular formula is C24H25N5O2. The van der Waals surface area contributed by atoms with E-state index in [0.717, 1.165) is 38.3 Å². The van der Waals surface area contributed by atoms with Crippen LogP contribution in [0.1, 0.15) is 11.3 Å². The van der Waals surface area contributed by atoms with Crippen molar-refractivity contribution in [1.82, 2.24) is 19.5 Å². The van der Waals surface area contributed by atoms with Crippen molar-refractivity contribution in [2.24, 2.45) is 0 Å². The second-order valence-electron chi connectivity index (χ2n) is 7.86. The number of rotatable bonds is 5. The number of para-hydroxylation sites is 1. The highest BCUT2D eigenvalue weighted by atomic mass is 16.4. The molecule has 0 amide bonds. The van der Waals surface area contributed by atoms with Crippen LogP contribution in [0.25, 0.3) is 17.3 Å². The molecule has 158 valence electrons. The second-order valence-corrected chi connectivity index (χ2v) is 7.86. The van der Waals surface area contributed by atoms with Crippen LogP contribution in [0.15, 0.2) is 69.9 Å². The third-order valence-electron chi connectivity index (χ3n) is 5.90. The lowest BCUT2D eigenvalue weighted by atomic mass is 10.1. The van der Waals surface area contributed by atoms with Gasteiger partial charge in [0.05, 0.1) is 5.69 Å². The third-order valence-corrected chi connectivity index (χ3v) is 5.90. The lowest BCUT2D eigenvalue weighted by Gasteiger charge is -2.36. The van der Waals surface area contributed by atoms with Gasteiger partial charge in [0.15, 0.2) is 0 Å². The van der Waals surface area contributed by atoms with Crippen LogP contribution >= 0.6 is 0 Å². The average Bonchev–Trinajstić information content (AvgIpc) is 3.25. The number of piperazine rings is 1. The summed E-state index contributed by atoms with van der Waals surface area (Å²) in [6.45, 7) is 6.64. The van der Waals surface area contributed by atoms with E-state index in [1.807, 2.05) is 43.3 Å². The largest absolute Gasteiger partial charge is 0.403 e. The molecule has 5 rings (SSSR count). The Morgan fingerprint density at radius 1 is 0.935 bits per heavy atom. The quantitative estimate of drug-likeness (QED) is 0.499. The van der Waals surface area contributed by atoms with Crippen molar-refractivity contribution in [2.75, 3.05) is 37.6 Å². The normalized spacial score (nSPS) is 14.9. The number of anilines is 1. The molecule has 0 saturated carbocycles. The van der Waals surface area contributed by atoms with Gasteiger partial charge in [-0.05, 0) is 37.6 Å². The maximum atomic E-state index is 13.1. The molecule has 31 heavy (non-hydrogen) atoms. The van der Waals surface area contributed by atoms with Gasteiger partial charge >= 0.3 is 5.84 Å². The van der Waals surface area contributed by atoms with Gasteiger partial charge in [-0.25, -0.2) is 0 Å². The van der Waals surface area contributed by atoms with Crippen LogP contribution in [0.5, 0.6) is 0 Å². The number of hydrogen-bond acceptors (Lipinski definition) is 6. The van der Waals surface area contributed by atoms with Crippen molar-refractivity contribution in [3.8, 4) is 11.5 Å². The number of benzene rings is 2. The molecule has 2 aromatic heterocycles. The number of fused-ring (bicyclic) bond motifs is 1. The minimum atomic E-state index is -0.142. The van der Waals surface area contributed by atoms with E-state index in [9.17, 15) is 4.79 Å². The fourth-order valence-electron chi connectivity index (χ4n) is 4.10. The van der Waals surface area contributed by atoms with Crippen LogP contribution in [0.3, 0.4) is 0 Å². The number of aromatic nitrogens is 3. The highest BCUT2D eigenvalue weighted by Gasteiger charge is 2.20. The number of nitrogens with zero attached hydrogens (tertiary/aromatic N) is 5. The van der Waals surface area contributed by atoms with Crippen LogP contribution in [0, 0.1) is 6.92 Å². The summed E-state index contributed by atoms with van der Waals surface area (Å²) in [6.07, 6.45) is 0.652. The first-order valence-corrected chi connectivity index (χ1v) is 10.7. The lowest BCUT2D eigenvalue weighted by Crippen LogP contribution is -2.47. The third kappa shape index (κ3) is 3.96. The van der Waals surface area contributed by atoms with E-state index in [2.05, 4.69) is 44.1 Å². The van der Waals surface area contributed by atoms with E-state index in [-0.39, 0.29) is 11.4 Å². The van der Waals surface area contributed by atoms with E-state index in [0.29, 0.717) is 23.6 Å². The molecule has 1 aliphatic heterocycles. The summed E-state index contributed by atoms with van der Waals surface area (Å²) in [7, 11) is 0. The predicted octanol–water partition coefficient (Wildman–Crippen LogP) is 3.02. The van der Waals surface area contributed by atoms with Gasteiger partial charge in [0.1, 0.15) is 0 Å². The summed E-state index contributed by atoms with van der Waals surface area (Å²) < 4.78 is 7.03. The van der Waals surface area contributed by atoms with Crippen molar-refractivity contribution >= 4 is 11.5 Å². The highest BCUT2D eigenvalue weighted by Crippen LogP contribution is 2.19. The lowest BCUT2D eigenvalue weighted by molar-refractivity contribution is 0.260. The molecule has 0 spiro atoms. The van der Waals surface area contributed by atoms with Crippen LogP contribution in [0.2, 0.25) is 0 Å². The Kier molecular flexibility index (Phi) is 5.26. The zero-order valence-corrected chi connectivity index (χ0v) is 17.6. The van der Waals surface area contributed by atoms with E-state index in [4.69, 9.17) is 4.42 Å². The van der Waals surface area contributed by atoms with E-state index in [1.165, 1.54) is 10.2 Å². The molecule has 1 saturated heterocycles. The SMILES string of the molecule is Cc1nc2oc(-c3ccccc3)nn2c(=O)c1CCN1CCN(c2ccccc2)CC1. The standard InChI is InChI=1S/C24H25N5O2/c1-18-21(12-13-27-14-16-28(17-15-27)20-10-6-3-7-11-20)23(30)29-24(25-18)31-22(26-29)19-8-4-2-5-9-19/h2-11H,12-17H2,1H3. The number of hydrogen-bond donors (Lipinski definition) is 0. The summed E-state index contributed by atoms with van der Waals surface area (Å²) in [5, 5.41) is 4.38. The summed E-state index contributed by atoms with van der Waals surface area (Å²) in [4.78, 5) is 22.4. The maximum absolute atomic E-state index is 13.1. The molecule has 7 heteroatoms. The fourth-order valence-corrected chi connectivity index (χ4v) is 4.10. The van der Waals surface area contributed by atoms with Crippen molar-refractivity contribution in [3.05, 3.63) is 82.3 Å². The first-order chi connectivity index (χ1) is 15.2. The van der Waals surface area contributed by atoms with E-state index < -0.39 is 0 Å². The van der Waals surface area contributed by atoms with Gasteiger partial charge in [-0.15, -0.1) is 9.61 Å². The molecule has 0 N–H and O–H groups in total. The summed E-state index contributed by atoms with van der Waals surface area (Å²) in [5.74, 6) is 0.639. The molecule has 0 aliphatic carbocycles. The van der Waals surface area contributed by atoms with Gasteiger partial charge in [0, 0.05) is 49.5 Å². The Morgan fingerprint density at radius 2 is 1.61 bits per heavy atom. The predicted molar refractivity (Wildman–Crippen MR) is 120 cm³/mol. The summed E-state index contributed by atoms with van der Waals surface area (Å²) in [5.41, 5.74) is 3.37. The topological polar surface area (TPSA) is 66.9 Å².